The summed E-state index contributed by atoms with van der Waals surface area (Å²) in [6.45, 7) is -0.315. The van der Waals surface area contributed by atoms with Crippen molar-refractivity contribution in [1.82, 2.24) is 0 Å². The van der Waals surface area contributed by atoms with Gasteiger partial charge in [-0.2, -0.15) is 0 Å². The standard InChI is InChI=1S/C7H15NO5/c1-12-7-6(11)5(10)4(8)3(2-9)13-7/h3-7,9-11H,2,8H2,1H3. The summed E-state index contributed by atoms with van der Waals surface area (Å²) in [4.78, 5) is 0. The molecule has 5 N–H and O–H groups in total. The molecule has 78 valence electrons. The predicted molar refractivity (Wildman–Crippen MR) is 42.7 cm³/mol. The van der Waals surface area contributed by atoms with Crippen LogP contribution in [0.1, 0.15) is 0 Å². The van der Waals surface area contributed by atoms with E-state index in [1.165, 1.54) is 7.11 Å². The molecule has 0 aromatic carbocycles. The van der Waals surface area contributed by atoms with Crippen molar-refractivity contribution in [3.8, 4) is 0 Å². The molecule has 0 bridgehead atoms. The van der Waals surface area contributed by atoms with Gasteiger partial charge in [-0.15, -0.1) is 0 Å². The Morgan fingerprint density at radius 1 is 1.38 bits per heavy atom. The quantitative estimate of drug-likeness (QED) is 0.383. The third-order valence-electron chi connectivity index (χ3n) is 2.17. The summed E-state index contributed by atoms with van der Waals surface area (Å²) in [7, 11) is 1.34. The van der Waals surface area contributed by atoms with Crippen LogP contribution < -0.4 is 5.73 Å². The zero-order chi connectivity index (χ0) is 10.0. The maximum Gasteiger partial charge on any atom is 0.186 e. The summed E-state index contributed by atoms with van der Waals surface area (Å²) in [6, 6.07) is -0.800. The topological polar surface area (TPSA) is 105 Å². The number of hydrogen-bond donors (Lipinski definition) is 4. The number of methoxy groups -OCH3 is 1. The Labute approximate surface area is 75.9 Å². The second-order valence-corrected chi connectivity index (χ2v) is 3.02. The molecule has 6 heteroatoms. The van der Waals surface area contributed by atoms with Gasteiger partial charge in [-0.25, -0.2) is 0 Å². The summed E-state index contributed by atoms with van der Waals surface area (Å²) < 4.78 is 9.83. The van der Waals surface area contributed by atoms with Crippen LogP contribution in [0.15, 0.2) is 0 Å². The number of hydrogen-bond acceptors (Lipinski definition) is 6. The molecule has 0 aromatic heterocycles. The Bertz CT molecular complexity index is 147. The molecule has 0 saturated carbocycles. The van der Waals surface area contributed by atoms with Gasteiger partial charge in [0.05, 0.1) is 12.6 Å². The van der Waals surface area contributed by atoms with Crippen molar-refractivity contribution in [2.75, 3.05) is 13.7 Å². The first kappa shape index (κ1) is 10.8. The molecule has 5 unspecified atom stereocenters. The van der Waals surface area contributed by atoms with Crippen LogP contribution in [0.5, 0.6) is 0 Å². The fourth-order valence-corrected chi connectivity index (χ4v) is 1.31. The smallest absolute Gasteiger partial charge is 0.186 e. The minimum Gasteiger partial charge on any atom is -0.394 e. The Balaban J connectivity index is 2.66. The van der Waals surface area contributed by atoms with Gasteiger partial charge < -0.3 is 30.5 Å². The van der Waals surface area contributed by atoms with Gasteiger partial charge in [-0.3, -0.25) is 0 Å². The highest BCUT2D eigenvalue weighted by molar-refractivity contribution is 4.91. The summed E-state index contributed by atoms with van der Waals surface area (Å²) >= 11 is 0. The van der Waals surface area contributed by atoms with Crippen LogP contribution in [-0.4, -0.2) is 59.7 Å². The molecule has 6 nitrogen and oxygen atoms in total. The summed E-state index contributed by atoms with van der Waals surface area (Å²) in [5, 5.41) is 27.6. The van der Waals surface area contributed by atoms with Crippen LogP contribution in [0.3, 0.4) is 0 Å². The SMILES string of the molecule is COC1OC(CO)C(N)C(O)C1O. The normalized spacial score (nSPS) is 46.4. The lowest BCUT2D eigenvalue weighted by Gasteiger charge is -2.39. The van der Waals surface area contributed by atoms with E-state index < -0.39 is 30.6 Å². The van der Waals surface area contributed by atoms with Crippen LogP contribution in [0.4, 0.5) is 0 Å². The number of aliphatic hydroxyl groups excluding tert-OH is 3. The van der Waals surface area contributed by atoms with Gasteiger partial charge in [0.2, 0.25) is 0 Å². The monoisotopic (exact) mass is 193 g/mol. The average molecular weight is 193 g/mol. The molecule has 1 heterocycles. The zero-order valence-electron chi connectivity index (χ0n) is 7.33. The lowest BCUT2D eigenvalue weighted by molar-refractivity contribution is -0.268. The summed E-state index contributed by atoms with van der Waals surface area (Å²) in [6.07, 6.45) is -3.96. The molecule has 0 aromatic rings. The lowest BCUT2D eigenvalue weighted by atomic mass is 9.97. The van der Waals surface area contributed by atoms with E-state index in [-0.39, 0.29) is 6.61 Å². The van der Waals surface area contributed by atoms with E-state index in [1.807, 2.05) is 0 Å². The predicted octanol–water partition coefficient (Wildman–Crippen LogP) is -2.60. The molecule has 1 rings (SSSR count). The van der Waals surface area contributed by atoms with Gasteiger partial charge in [0.1, 0.15) is 18.3 Å². The fraction of sp³-hybridized carbons (Fsp3) is 1.00. The molecular weight excluding hydrogens is 178 g/mol. The molecule has 1 fully saturated rings. The lowest BCUT2D eigenvalue weighted by Crippen LogP contribution is -2.62. The van der Waals surface area contributed by atoms with E-state index in [9.17, 15) is 10.2 Å². The molecule has 0 radical (unpaired) electrons. The van der Waals surface area contributed by atoms with Crippen molar-refractivity contribution in [3.63, 3.8) is 0 Å². The van der Waals surface area contributed by atoms with Crippen molar-refractivity contribution in [1.29, 1.82) is 0 Å². The zero-order valence-corrected chi connectivity index (χ0v) is 7.33. The van der Waals surface area contributed by atoms with Gasteiger partial charge in [-0.1, -0.05) is 0 Å². The first-order valence-electron chi connectivity index (χ1n) is 4.02. The number of nitrogens with two attached hydrogens (primary N) is 1. The molecule has 5 atom stereocenters. The molecular formula is C7H15NO5. The van der Waals surface area contributed by atoms with Gasteiger partial charge >= 0.3 is 0 Å². The van der Waals surface area contributed by atoms with Crippen LogP contribution in [-0.2, 0) is 9.47 Å². The van der Waals surface area contributed by atoms with Crippen LogP contribution >= 0.6 is 0 Å². The number of ether oxygens (including phenoxy) is 2. The third kappa shape index (κ3) is 1.98. The molecule has 0 spiro atoms. The molecule has 13 heavy (non-hydrogen) atoms. The summed E-state index contributed by atoms with van der Waals surface area (Å²) in [5.41, 5.74) is 5.49. The van der Waals surface area contributed by atoms with E-state index >= 15 is 0 Å². The van der Waals surface area contributed by atoms with Gasteiger partial charge in [0.15, 0.2) is 6.29 Å². The first-order valence-corrected chi connectivity index (χ1v) is 4.02. The molecule has 1 saturated heterocycles. The maximum atomic E-state index is 9.40. The van der Waals surface area contributed by atoms with Crippen LogP contribution in [0, 0.1) is 0 Å². The Morgan fingerprint density at radius 3 is 2.46 bits per heavy atom. The number of rotatable bonds is 2. The van der Waals surface area contributed by atoms with E-state index in [1.54, 1.807) is 0 Å². The van der Waals surface area contributed by atoms with Crippen LogP contribution in [0.25, 0.3) is 0 Å². The van der Waals surface area contributed by atoms with E-state index in [0.29, 0.717) is 0 Å². The second kappa shape index (κ2) is 4.32. The van der Waals surface area contributed by atoms with Gasteiger partial charge in [-0.05, 0) is 0 Å². The second-order valence-electron chi connectivity index (χ2n) is 3.02. The first-order chi connectivity index (χ1) is 6.11. The van der Waals surface area contributed by atoms with Crippen LogP contribution in [0.2, 0.25) is 0 Å². The largest absolute Gasteiger partial charge is 0.394 e. The Hall–Kier alpha value is -0.240. The van der Waals surface area contributed by atoms with Crippen molar-refractivity contribution in [3.05, 3.63) is 0 Å². The third-order valence-corrected chi connectivity index (χ3v) is 2.17. The minimum atomic E-state index is -1.18. The maximum absolute atomic E-state index is 9.40. The van der Waals surface area contributed by atoms with Crippen molar-refractivity contribution in [2.24, 2.45) is 5.73 Å². The Morgan fingerprint density at radius 2 is 2.00 bits per heavy atom. The molecule has 0 aliphatic carbocycles. The average Bonchev–Trinajstić information content (AvgIpc) is 2.15. The highest BCUT2D eigenvalue weighted by Crippen LogP contribution is 2.19. The highest BCUT2D eigenvalue weighted by atomic mass is 16.7. The van der Waals surface area contributed by atoms with Gasteiger partial charge in [0, 0.05) is 7.11 Å². The van der Waals surface area contributed by atoms with Crippen molar-refractivity contribution < 1.29 is 24.8 Å². The van der Waals surface area contributed by atoms with E-state index in [2.05, 4.69) is 0 Å². The highest BCUT2D eigenvalue weighted by Gasteiger charge is 2.42. The fourth-order valence-electron chi connectivity index (χ4n) is 1.31. The molecule has 1 aliphatic rings. The van der Waals surface area contributed by atoms with E-state index in [4.69, 9.17) is 20.3 Å². The van der Waals surface area contributed by atoms with Crippen molar-refractivity contribution >= 4 is 0 Å². The van der Waals surface area contributed by atoms with Gasteiger partial charge in [0.25, 0.3) is 0 Å². The van der Waals surface area contributed by atoms with Crippen molar-refractivity contribution in [2.45, 2.75) is 30.6 Å². The molecule has 0 amide bonds. The molecule has 1 aliphatic heterocycles. The Kier molecular flexibility index (Phi) is 3.60. The minimum absolute atomic E-state index is 0.315. The van der Waals surface area contributed by atoms with E-state index in [0.717, 1.165) is 0 Å². The summed E-state index contributed by atoms with van der Waals surface area (Å²) in [5.74, 6) is 0. The number of aliphatic hydroxyl groups is 3.